The predicted octanol–water partition coefficient (Wildman–Crippen LogP) is 2.37. The van der Waals surface area contributed by atoms with Crippen molar-refractivity contribution in [3.05, 3.63) is 65.7 Å². The van der Waals surface area contributed by atoms with E-state index in [9.17, 15) is 0 Å². The van der Waals surface area contributed by atoms with Gasteiger partial charge in [-0.1, -0.05) is 36.1 Å². The van der Waals surface area contributed by atoms with Gasteiger partial charge in [-0.15, -0.1) is 0 Å². The lowest BCUT2D eigenvalue weighted by Crippen LogP contribution is -2.06. The van der Waals surface area contributed by atoms with Crippen LogP contribution in [0.1, 0.15) is 11.1 Å². The van der Waals surface area contributed by atoms with Gasteiger partial charge in [0.05, 0.1) is 0 Å². The zero-order chi connectivity index (χ0) is 11.2. The number of hydrogen-bond acceptors (Lipinski definition) is 2. The Labute approximate surface area is 95.1 Å². The van der Waals surface area contributed by atoms with Crippen molar-refractivity contribution in [2.75, 3.05) is 5.43 Å². The van der Waals surface area contributed by atoms with Crippen molar-refractivity contribution in [1.29, 1.82) is 0 Å². The summed E-state index contributed by atoms with van der Waals surface area (Å²) in [5.74, 6) is 11.5. The highest BCUT2D eigenvalue weighted by molar-refractivity contribution is 5.51. The lowest BCUT2D eigenvalue weighted by molar-refractivity contribution is 1.35. The van der Waals surface area contributed by atoms with Gasteiger partial charge in [0.15, 0.2) is 0 Å². The lowest BCUT2D eigenvalue weighted by Gasteiger charge is -1.98. The summed E-state index contributed by atoms with van der Waals surface area (Å²) in [5, 5.41) is 0. The van der Waals surface area contributed by atoms with E-state index in [1.165, 1.54) is 0 Å². The first-order chi connectivity index (χ1) is 7.88. The summed E-state index contributed by atoms with van der Waals surface area (Å²) in [5.41, 5.74) is 5.41. The Morgan fingerprint density at radius 2 is 1.50 bits per heavy atom. The Morgan fingerprint density at radius 3 is 2.25 bits per heavy atom. The van der Waals surface area contributed by atoms with Crippen LogP contribution < -0.4 is 11.3 Å². The van der Waals surface area contributed by atoms with Gasteiger partial charge < -0.3 is 5.43 Å². The fraction of sp³-hybridized carbons (Fsp3) is 0. The Bertz CT molecular complexity index is 521. The minimum absolute atomic E-state index is 0.861. The Kier molecular flexibility index (Phi) is 3.22. The Morgan fingerprint density at radius 1 is 0.812 bits per heavy atom. The van der Waals surface area contributed by atoms with Gasteiger partial charge in [0.2, 0.25) is 0 Å². The summed E-state index contributed by atoms with van der Waals surface area (Å²) < 4.78 is 0. The third-order valence-corrected chi connectivity index (χ3v) is 2.15. The van der Waals surface area contributed by atoms with Gasteiger partial charge in [0, 0.05) is 16.8 Å². The molecule has 0 saturated carbocycles. The lowest BCUT2D eigenvalue weighted by atomic mass is 10.1. The topological polar surface area (TPSA) is 38.0 Å². The molecule has 0 spiro atoms. The molecule has 0 aliphatic rings. The minimum atomic E-state index is 0.861. The molecule has 2 nitrogen and oxygen atoms in total. The molecule has 78 valence electrons. The first-order valence-electron chi connectivity index (χ1n) is 5.02. The van der Waals surface area contributed by atoms with E-state index in [2.05, 4.69) is 17.3 Å². The van der Waals surface area contributed by atoms with Crippen molar-refractivity contribution in [2.45, 2.75) is 0 Å². The molecule has 0 bridgehead atoms. The predicted molar refractivity (Wildman–Crippen MR) is 66.7 cm³/mol. The van der Waals surface area contributed by atoms with Gasteiger partial charge in [0.25, 0.3) is 0 Å². The van der Waals surface area contributed by atoms with Gasteiger partial charge in [-0.2, -0.15) is 0 Å². The second-order valence-electron chi connectivity index (χ2n) is 3.34. The quantitative estimate of drug-likeness (QED) is 0.429. The third kappa shape index (κ3) is 2.63. The van der Waals surface area contributed by atoms with Crippen LogP contribution in [0.5, 0.6) is 0 Å². The van der Waals surface area contributed by atoms with E-state index in [4.69, 9.17) is 5.84 Å². The number of nitrogen functional groups attached to an aromatic ring is 1. The summed E-state index contributed by atoms with van der Waals surface area (Å²) in [6.07, 6.45) is 0. The number of benzene rings is 2. The molecular formula is C14H12N2. The normalized spacial score (nSPS) is 9.06. The molecule has 2 aromatic carbocycles. The van der Waals surface area contributed by atoms with E-state index in [0.29, 0.717) is 0 Å². The highest BCUT2D eigenvalue weighted by atomic mass is 15.2. The van der Waals surface area contributed by atoms with E-state index < -0.39 is 0 Å². The summed E-state index contributed by atoms with van der Waals surface area (Å²) in [6.45, 7) is 0. The number of rotatable bonds is 1. The molecule has 0 heterocycles. The van der Waals surface area contributed by atoms with Crippen LogP contribution in [0.3, 0.4) is 0 Å². The molecule has 0 atom stereocenters. The molecule has 0 aliphatic heterocycles. The molecule has 0 amide bonds. The average Bonchev–Trinajstić information content (AvgIpc) is 2.38. The van der Waals surface area contributed by atoms with Crippen LogP contribution in [0.25, 0.3) is 0 Å². The molecule has 16 heavy (non-hydrogen) atoms. The van der Waals surface area contributed by atoms with Crippen LogP contribution in [-0.2, 0) is 0 Å². The third-order valence-electron chi connectivity index (χ3n) is 2.15. The maximum atomic E-state index is 5.33. The SMILES string of the molecule is NNc1cccc(C#Cc2ccccc2)c1. The molecule has 2 aromatic rings. The fourth-order valence-corrected chi connectivity index (χ4v) is 1.35. The molecule has 0 aliphatic carbocycles. The molecule has 0 radical (unpaired) electrons. The van der Waals surface area contributed by atoms with E-state index in [1.807, 2.05) is 54.6 Å². The molecule has 0 unspecified atom stereocenters. The Balaban J connectivity index is 2.24. The van der Waals surface area contributed by atoms with Gasteiger partial charge in [-0.3, -0.25) is 5.84 Å². The first kappa shape index (κ1) is 10.3. The first-order valence-corrected chi connectivity index (χ1v) is 5.02. The zero-order valence-corrected chi connectivity index (χ0v) is 8.77. The zero-order valence-electron chi connectivity index (χ0n) is 8.77. The fourth-order valence-electron chi connectivity index (χ4n) is 1.35. The van der Waals surface area contributed by atoms with Gasteiger partial charge in [-0.25, -0.2) is 0 Å². The molecule has 0 fully saturated rings. The van der Waals surface area contributed by atoms with Crippen molar-refractivity contribution in [2.24, 2.45) is 5.84 Å². The number of hydrogen-bond donors (Lipinski definition) is 2. The van der Waals surface area contributed by atoms with Gasteiger partial charge in [0.1, 0.15) is 0 Å². The van der Waals surface area contributed by atoms with Crippen LogP contribution in [0, 0.1) is 11.8 Å². The summed E-state index contributed by atoms with van der Waals surface area (Å²) in [7, 11) is 0. The van der Waals surface area contributed by atoms with Crippen molar-refractivity contribution in [3.63, 3.8) is 0 Å². The van der Waals surface area contributed by atoms with Crippen LogP contribution in [0.4, 0.5) is 5.69 Å². The van der Waals surface area contributed by atoms with Crippen molar-refractivity contribution in [3.8, 4) is 11.8 Å². The van der Waals surface area contributed by atoms with E-state index in [0.717, 1.165) is 16.8 Å². The number of anilines is 1. The average molecular weight is 208 g/mol. The number of nitrogens with two attached hydrogens (primary N) is 1. The molecular weight excluding hydrogens is 196 g/mol. The molecule has 0 aromatic heterocycles. The molecule has 3 N–H and O–H groups in total. The van der Waals surface area contributed by atoms with Crippen molar-refractivity contribution < 1.29 is 0 Å². The standard InChI is InChI=1S/C14H12N2/c15-16-14-8-4-7-13(11-14)10-9-12-5-2-1-3-6-12/h1-8,11,16H,15H2. The second kappa shape index (κ2) is 5.01. The van der Waals surface area contributed by atoms with Crippen LogP contribution >= 0.6 is 0 Å². The van der Waals surface area contributed by atoms with Crippen LogP contribution in [0.15, 0.2) is 54.6 Å². The van der Waals surface area contributed by atoms with E-state index in [1.54, 1.807) is 0 Å². The van der Waals surface area contributed by atoms with E-state index >= 15 is 0 Å². The maximum Gasteiger partial charge on any atom is 0.0497 e. The number of hydrazine groups is 1. The monoisotopic (exact) mass is 208 g/mol. The van der Waals surface area contributed by atoms with E-state index in [-0.39, 0.29) is 0 Å². The summed E-state index contributed by atoms with van der Waals surface area (Å²) in [4.78, 5) is 0. The molecule has 2 heteroatoms. The molecule has 2 rings (SSSR count). The molecule has 0 saturated heterocycles. The van der Waals surface area contributed by atoms with Crippen molar-refractivity contribution >= 4 is 5.69 Å². The Hall–Kier alpha value is -2.24. The smallest absolute Gasteiger partial charge is 0.0497 e. The van der Waals surface area contributed by atoms with Crippen molar-refractivity contribution in [1.82, 2.24) is 0 Å². The number of nitrogens with one attached hydrogen (secondary N) is 1. The minimum Gasteiger partial charge on any atom is -0.324 e. The summed E-state index contributed by atoms with van der Waals surface area (Å²) >= 11 is 0. The second-order valence-corrected chi connectivity index (χ2v) is 3.34. The van der Waals surface area contributed by atoms with Crippen LogP contribution in [-0.4, -0.2) is 0 Å². The summed E-state index contributed by atoms with van der Waals surface area (Å²) in [6, 6.07) is 17.6. The maximum absolute atomic E-state index is 5.33. The highest BCUT2D eigenvalue weighted by Crippen LogP contribution is 2.08. The van der Waals surface area contributed by atoms with Gasteiger partial charge in [-0.05, 0) is 30.3 Å². The largest absolute Gasteiger partial charge is 0.324 e. The van der Waals surface area contributed by atoms with Gasteiger partial charge >= 0.3 is 0 Å². The van der Waals surface area contributed by atoms with Crippen LogP contribution in [0.2, 0.25) is 0 Å². The highest BCUT2D eigenvalue weighted by Gasteiger charge is 1.89.